The molecule has 0 spiro atoms. The molecule has 4 heterocycles. The number of fused-ring (bicyclic) bond motifs is 8. The van der Waals surface area contributed by atoms with E-state index in [0.29, 0.717) is 57.9 Å². The van der Waals surface area contributed by atoms with Crippen molar-refractivity contribution in [2.24, 2.45) is 0 Å². The molecular weight excluding hydrogens is 638 g/mol. The molecule has 1 saturated heterocycles. The van der Waals surface area contributed by atoms with E-state index in [1.165, 1.54) is 14.2 Å². The number of benzene rings is 3. The van der Waals surface area contributed by atoms with Gasteiger partial charge in [0.25, 0.3) is 5.91 Å². The van der Waals surface area contributed by atoms with Crippen LogP contribution in [0, 0.1) is 25.2 Å². The molecule has 1 amide bonds. The molecule has 0 aliphatic carbocycles. The molecule has 0 saturated carbocycles. The van der Waals surface area contributed by atoms with Crippen molar-refractivity contribution in [3.05, 3.63) is 75.5 Å². The van der Waals surface area contributed by atoms with Crippen LogP contribution in [0.25, 0.3) is 10.9 Å². The number of phenols is 2. The minimum atomic E-state index is -0.683. The van der Waals surface area contributed by atoms with Crippen LogP contribution in [-0.4, -0.2) is 91.1 Å². The molecule has 7 rings (SSSR count). The highest BCUT2D eigenvalue weighted by molar-refractivity contribution is 5.95. The maximum absolute atomic E-state index is 13.7. The van der Waals surface area contributed by atoms with Crippen molar-refractivity contribution in [3.8, 4) is 40.6 Å². The third kappa shape index (κ3) is 4.71. The van der Waals surface area contributed by atoms with Gasteiger partial charge in [-0.1, -0.05) is 24.3 Å². The fourth-order valence-electron chi connectivity index (χ4n) is 8.89. The molecule has 12 nitrogen and oxygen atoms in total. The lowest BCUT2D eigenvalue weighted by molar-refractivity contribution is -0.0724. The number of phenolic OH excluding ortho intramolecular Hbond substituents is 2. The van der Waals surface area contributed by atoms with E-state index in [4.69, 9.17) is 18.9 Å². The summed E-state index contributed by atoms with van der Waals surface area (Å²) >= 11 is 0. The van der Waals surface area contributed by atoms with E-state index in [9.17, 15) is 20.3 Å². The van der Waals surface area contributed by atoms with Gasteiger partial charge in [0.1, 0.15) is 23.2 Å². The average molecular weight is 680 g/mol. The number of methoxy groups -OCH3 is 4. The molecule has 3 aliphatic heterocycles. The first-order valence-corrected chi connectivity index (χ1v) is 16.6. The van der Waals surface area contributed by atoms with Crippen LogP contribution in [0.15, 0.2) is 36.4 Å². The number of nitriles is 1. The van der Waals surface area contributed by atoms with Crippen molar-refractivity contribution in [2.45, 2.75) is 56.9 Å². The molecule has 5 atom stereocenters. The summed E-state index contributed by atoms with van der Waals surface area (Å²) in [5.74, 6) is 1.36. The minimum Gasteiger partial charge on any atom is -0.504 e. The second kappa shape index (κ2) is 12.6. The van der Waals surface area contributed by atoms with E-state index < -0.39 is 24.2 Å². The Morgan fingerprint density at radius 1 is 0.880 bits per heavy atom. The Kier molecular flexibility index (Phi) is 8.36. The molecule has 0 radical (unpaired) electrons. The predicted octanol–water partition coefficient (Wildman–Crippen LogP) is 4.50. The van der Waals surface area contributed by atoms with Gasteiger partial charge in [-0.3, -0.25) is 14.6 Å². The van der Waals surface area contributed by atoms with Crippen LogP contribution in [0.5, 0.6) is 34.5 Å². The second-order valence-corrected chi connectivity index (χ2v) is 13.2. The number of ether oxygens (including phenoxy) is 4. The van der Waals surface area contributed by atoms with E-state index in [-0.39, 0.29) is 41.4 Å². The van der Waals surface area contributed by atoms with Gasteiger partial charge in [-0.2, -0.15) is 5.26 Å². The summed E-state index contributed by atoms with van der Waals surface area (Å²) in [4.78, 5) is 22.6. The summed E-state index contributed by atoms with van der Waals surface area (Å²) < 4.78 is 23.3. The van der Waals surface area contributed by atoms with E-state index in [0.717, 1.165) is 16.5 Å². The van der Waals surface area contributed by atoms with Gasteiger partial charge in [0.15, 0.2) is 23.0 Å². The van der Waals surface area contributed by atoms with Crippen molar-refractivity contribution in [1.29, 1.82) is 5.26 Å². The summed E-state index contributed by atoms with van der Waals surface area (Å²) in [5, 5.41) is 38.6. The average Bonchev–Trinajstić information content (AvgIpc) is 3.11. The number of nitrogens with zero attached hydrogens (tertiary/aromatic N) is 4. The number of hydrogen-bond acceptors (Lipinski definition) is 11. The van der Waals surface area contributed by atoms with Gasteiger partial charge in [-0.05, 0) is 45.9 Å². The Morgan fingerprint density at radius 2 is 1.46 bits per heavy atom. The van der Waals surface area contributed by atoms with Gasteiger partial charge in [-0.15, -0.1) is 0 Å². The molecule has 1 aromatic heterocycles. The molecule has 260 valence electrons. The molecule has 3 aromatic carbocycles. The number of para-hydroxylation sites is 1. The third-order valence-electron chi connectivity index (χ3n) is 10.9. The first-order valence-electron chi connectivity index (χ1n) is 16.6. The van der Waals surface area contributed by atoms with Crippen molar-refractivity contribution in [1.82, 2.24) is 20.1 Å². The first kappa shape index (κ1) is 33.3. The second-order valence-electron chi connectivity index (χ2n) is 13.2. The third-order valence-corrected chi connectivity index (χ3v) is 10.9. The summed E-state index contributed by atoms with van der Waals surface area (Å²) in [6.45, 7) is 3.72. The Morgan fingerprint density at radius 3 is 2.08 bits per heavy atom. The van der Waals surface area contributed by atoms with Crippen molar-refractivity contribution >= 4 is 16.8 Å². The van der Waals surface area contributed by atoms with Gasteiger partial charge in [0, 0.05) is 57.4 Å². The number of nitrogens with one attached hydrogen (secondary N) is 1. The highest BCUT2D eigenvalue weighted by atomic mass is 16.5. The standard InChI is InChI=1S/C38H41N5O7/c1-18-34(47-4)21-15-26-31-30-22(35(48-5)19(2)37(50-7)33(30)45)14-25(42(31)3)27(16-39)43(26)28(29(21)32(44)36(18)49-6)17-40-38(46)24-13-12-20-10-8-9-11-23(20)41-24/h8-13,25-28,31,44-45H,14-15,17H2,1-7H3,(H,40,46)/t25-,26-,27?,28-,31-/m0/s1. The first-order chi connectivity index (χ1) is 24.1. The summed E-state index contributed by atoms with van der Waals surface area (Å²) in [6.07, 6.45) is 0.787. The molecule has 3 aliphatic rings. The maximum Gasteiger partial charge on any atom is 0.269 e. The summed E-state index contributed by atoms with van der Waals surface area (Å²) in [5.41, 5.74) is 5.05. The van der Waals surface area contributed by atoms with Gasteiger partial charge >= 0.3 is 0 Å². The van der Waals surface area contributed by atoms with E-state index in [1.54, 1.807) is 20.3 Å². The van der Waals surface area contributed by atoms with Crippen LogP contribution in [-0.2, 0) is 12.8 Å². The zero-order chi connectivity index (χ0) is 35.6. The van der Waals surface area contributed by atoms with E-state index >= 15 is 0 Å². The summed E-state index contributed by atoms with van der Waals surface area (Å²) in [6, 6.07) is 11.2. The number of carbonyl (C=O) groups excluding carboxylic acids is 1. The molecule has 1 fully saturated rings. The Hall–Kier alpha value is -5.25. The van der Waals surface area contributed by atoms with Gasteiger partial charge < -0.3 is 34.5 Å². The van der Waals surface area contributed by atoms with Gasteiger partial charge in [0.05, 0.1) is 52.1 Å². The fourth-order valence-corrected chi connectivity index (χ4v) is 8.89. The van der Waals surface area contributed by atoms with Crippen LogP contribution in [0.4, 0.5) is 0 Å². The predicted molar refractivity (Wildman–Crippen MR) is 185 cm³/mol. The fraction of sp³-hybridized carbons (Fsp3) is 0.395. The number of hydrogen-bond donors (Lipinski definition) is 3. The zero-order valence-corrected chi connectivity index (χ0v) is 29.2. The lowest BCUT2D eigenvalue weighted by atomic mass is 9.71. The number of aromatic hydroxyl groups is 2. The molecule has 12 heteroatoms. The zero-order valence-electron chi connectivity index (χ0n) is 29.2. The number of piperazine rings is 1. The molecule has 50 heavy (non-hydrogen) atoms. The minimum absolute atomic E-state index is 0.0326. The lowest BCUT2D eigenvalue weighted by Gasteiger charge is -2.60. The van der Waals surface area contributed by atoms with Crippen molar-refractivity contribution < 1.29 is 34.0 Å². The molecule has 4 aromatic rings. The largest absolute Gasteiger partial charge is 0.504 e. The number of aromatic nitrogens is 1. The highest BCUT2D eigenvalue weighted by Gasteiger charge is 2.57. The number of carbonyl (C=O) groups is 1. The summed E-state index contributed by atoms with van der Waals surface area (Å²) in [7, 11) is 8.16. The van der Waals surface area contributed by atoms with Gasteiger partial charge in [0.2, 0.25) is 0 Å². The van der Waals surface area contributed by atoms with Crippen LogP contribution < -0.4 is 24.3 Å². The van der Waals surface area contributed by atoms with Crippen LogP contribution >= 0.6 is 0 Å². The number of amides is 1. The lowest BCUT2D eigenvalue weighted by Crippen LogP contribution is -2.68. The van der Waals surface area contributed by atoms with E-state index in [1.807, 2.05) is 51.2 Å². The molecular formula is C38H41N5O7. The van der Waals surface area contributed by atoms with Crippen LogP contribution in [0.2, 0.25) is 0 Å². The normalized spacial score (nSPS) is 22.5. The Labute approximate surface area is 290 Å². The van der Waals surface area contributed by atoms with Crippen LogP contribution in [0.1, 0.15) is 56.0 Å². The quantitative estimate of drug-likeness (QED) is 0.254. The Bertz CT molecular complexity index is 2080. The number of likely N-dealkylation sites (N-methyl/N-ethyl adjacent to an activating group) is 1. The van der Waals surface area contributed by atoms with E-state index in [2.05, 4.69) is 26.2 Å². The topological polar surface area (TPSA) is 150 Å². The van der Waals surface area contributed by atoms with Crippen molar-refractivity contribution in [3.63, 3.8) is 0 Å². The monoisotopic (exact) mass is 679 g/mol. The maximum atomic E-state index is 13.7. The van der Waals surface area contributed by atoms with Gasteiger partial charge in [-0.25, -0.2) is 4.98 Å². The number of rotatable bonds is 7. The molecule has 3 N–H and O–H groups in total. The van der Waals surface area contributed by atoms with Crippen LogP contribution in [0.3, 0.4) is 0 Å². The molecule has 1 unspecified atom stereocenters. The highest BCUT2D eigenvalue weighted by Crippen LogP contribution is 2.58. The number of pyridine rings is 1. The SMILES string of the molecule is COc1c(C)c(OC)c2c(c1O)[C@@H]1[C@@H]3Cc4c(OC)c(C)c(OC)c(O)c4[C@H](CNC(=O)c4ccc5ccccc5n4)N3C(C#N)[C@H](C2)N1C. The Balaban J connectivity index is 1.41. The van der Waals surface area contributed by atoms with Crippen molar-refractivity contribution in [2.75, 3.05) is 42.0 Å². The molecule has 2 bridgehead atoms. The smallest absolute Gasteiger partial charge is 0.269 e.